The number of aliphatic hydroxyl groups is 1. The fourth-order valence-corrected chi connectivity index (χ4v) is 5.41. The van der Waals surface area contributed by atoms with E-state index in [9.17, 15) is 18.3 Å². The van der Waals surface area contributed by atoms with Crippen molar-refractivity contribution in [3.8, 4) is 17.3 Å². The molecule has 39 heavy (non-hydrogen) atoms. The average molecular weight is 585 g/mol. The van der Waals surface area contributed by atoms with Crippen molar-refractivity contribution in [3.05, 3.63) is 54.2 Å². The Morgan fingerprint density at radius 2 is 1.82 bits per heavy atom. The van der Waals surface area contributed by atoms with Crippen LogP contribution >= 0.6 is 24.8 Å². The first-order valence-corrected chi connectivity index (χ1v) is 12.4. The molecule has 3 aromatic heterocycles. The van der Waals surface area contributed by atoms with Gasteiger partial charge in [-0.2, -0.15) is 13.2 Å². The third kappa shape index (κ3) is 5.78. The lowest BCUT2D eigenvalue weighted by molar-refractivity contribution is -0.183. The number of pyridine rings is 2. The Labute approximate surface area is 235 Å². The number of nitrogens with two attached hydrogens (primary N) is 1. The summed E-state index contributed by atoms with van der Waals surface area (Å²) >= 11 is 0. The highest BCUT2D eigenvalue weighted by atomic mass is 35.5. The van der Waals surface area contributed by atoms with E-state index in [0.717, 1.165) is 24.6 Å². The number of rotatable bonds is 5. The summed E-state index contributed by atoms with van der Waals surface area (Å²) < 4.78 is 50.0. The standard InChI is InChI=1S/C26H27F3N6O2.2ClH/c27-26(28,29)24(34-11-10-17(30)14-34)16-6-9-23-32-33-25(35(23)13-16)19-8-5-15-4-7-18(12-20(15)31-19)37-22-3-1-2-21(22)36;;/h4-9,12-13,17,21-22,24,36H,1-3,10-11,14,30H2;2*1H/t17-,21?,22?,24+;;/m0../s1. The minimum atomic E-state index is -4.46. The number of hydrogen-bond acceptors (Lipinski definition) is 7. The van der Waals surface area contributed by atoms with Crippen LogP contribution in [0.25, 0.3) is 28.1 Å². The molecule has 4 atom stereocenters. The highest BCUT2D eigenvalue weighted by Gasteiger charge is 2.46. The zero-order valence-corrected chi connectivity index (χ0v) is 22.4. The first-order chi connectivity index (χ1) is 17.8. The number of hydrogen-bond donors (Lipinski definition) is 2. The third-order valence-electron chi connectivity index (χ3n) is 7.27. The van der Waals surface area contributed by atoms with Crippen LogP contribution in [0.2, 0.25) is 0 Å². The van der Waals surface area contributed by atoms with Crippen LogP contribution in [-0.2, 0) is 0 Å². The molecule has 1 aliphatic carbocycles. The Morgan fingerprint density at radius 1 is 1.03 bits per heavy atom. The van der Waals surface area contributed by atoms with Gasteiger partial charge in [0, 0.05) is 36.8 Å². The van der Waals surface area contributed by atoms with Crippen LogP contribution in [0.4, 0.5) is 13.2 Å². The molecule has 4 aromatic rings. The topological polar surface area (TPSA) is 102 Å². The maximum atomic E-state index is 14.2. The van der Waals surface area contributed by atoms with E-state index in [1.165, 1.54) is 17.2 Å². The minimum Gasteiger partial charge on any atom is -0.488 e. The molecule has 1 saturated carbocycles. The Morgan fingerprint density at radius 3 is 2.51 bits per heavy atom. The van der Waals surface area contributed by atoms with E-state index in [-0.39, 0.29) is 55.6 Å². The summed E-state index contributed by atoms with van der Waals surface area (Å²) in [6.45, 7) is 0.471. The van der Waals surface area contributed by atoms with Crippen LogP contribution in [0.1, 0.15) is 37.3 Å². The Balaban J connectivity index is 0.00000176. The van der Waals surface area contributed by atoms with E-state index < -0.39 is 18.3 Å². The van der Waals surface area contributed by atoms with Crippen molar-refractivity contribution in [2.75, 3.05) is 13.1 Å². The van der Waals surface area contributed by atoms with Gasteiger partial charge in [-0.3, -0.25) is 9.30 Å². The number of halogens is 5. The zero-order valence-electron chi connectivity index (χ0n) is 20.8. The monoisotopic (exact) mass is 584 g/mol. The number of aliphatic hydroxyl groups excluding tert-OH is 1. The lowest BCUT2D eigenvalue weighted by Gasteiger charge is -2.30. The first-order valence-electron chi connectivity index (χ1n) is 12.4. The molecule has 2 unspecified atom stereocenters. The quantitative estimate of drug-likeness (QED) is 0.350. The second-order valence-electron chi connectivity index (χ2n) is 9.91. The summed E-state index contributed by atoms with van der Waals surface area (Å²) in [6, 6.07) is 10.1. The fourth-order valence-electron chi connectivity index (χ4n) is 5.41. The van der Waals surface area contributed by atoms with Crippen molar-refractivity contribution < 1.29 is 23.0 Å². The summed E-state index contributed by atoms with van der Waals surface area (Å²) in [5.74, 6) is 0.948. The Bertz CT molecular complexity index is 1450. The summed E-state index contributed by atoms with van der Waals surface area (Å²) in [5.41, 5.74) is 7.55. The van der Waals surface area contributed by atoms with E-state index in [4.69, 9.17) is 15.5 Å². The van der Waals surface area contributed by atoms with Crippen LogP contribution in [0, 0.1) is 0 Å². The molecule has 1 aliphatic heterocycles. The van der Waals surface area contributed by atoms with Crippen molar-refractivity contribution in [2.45, 2.75) is 56.2 Å². The van der Waals surface area contributed by atoms with Gasteiger partial charge in [-0.15, -0.1) is 35.0 Å². The number of fused-ring (bicyclic) bond motifs is 2. The predicted octanol–water partition coefficient (Wildman–Crippen LogP) is 4.72. The van der Waals surface area contributed by atoms with Crippen molar-refractivity contribution in [3.63, 3.8) is 0 Å². The van der Waals surface area contributed by atoms with Crippen molar-refractivity contribution >= 4 is 41.4 Å². The summed E-state index contributed by atoms with van der Waals surface area (Å²) in [5, 5.41) is 19.3. The number of ether oxygens (including phenoxy) is 1. The number of benzene rings is 1. The molecule has 210 valence electrons. The first kappa shape index (κ1) is 29.3. The SMILES string of the molecule is Cl.Cl.N[C@H]1CCN([C@H](c2ccc3nnc(-c4ccc5ccc(OC6CCCC6O)cc5n4)n3c2)C(F)(F)F)C1. The molecule has 1 aromatic carbocycles. The van der Waals surface area contributed by atoms with Gasteiger partial charge < -0.3 is 15.6 Å². The average Bonchev–Trinajstić information content (AvgIpc) is 3.58. The van der Waals surface area contributed by atoms with Crippen LogP contribution in [0.15, 0.2) is 48.7 Å². The van der Waals surface area contributed by atoms with Crippen molar-refractivity contribution in [1.29, 1.82) is 0 Å². The number of likely N-dealkylation sites (tertiary alicyclic amines) is 1. The molecule has 8 nitrogen and oxygen atoms in total. The summed E-state index contributed by atoms with van der Waals surface area (Å²) in [4.78, 5) is 6.10. The molecule has 4 heterocycles. The largest absolute Gasteiger partial charge is 0.488 e. The maximum Gasteiger partial charge on any atom is 0.408 e. The van der Waals surface area contributed by atoms with Crippen LogP contribution in [0.3, 0.4) is 0 Å². The molecular formula is C26H29Cl2F3N6O2. The van der Waals surface area contributed by atoms with E-state index in [0.29, 0.717) is 34.9 Å². The van der Waals surface area contributed by atoms with Crippen LogP contribution in [-0.4, -0.2) is 67.1 Å². The van der Waals surface area contributed by atoms with Gasteiger partial charge in [0.1, 0.15) is 23.6 Å². The summed E-state index contributed by atoms with van der Waals surface area (Å²) in [6.07, 6.45) is -0.779. The van der Waals surface area contributed by atoms with Gasteiger partial charge in [0.05, 0.1) is 11.6 Å². The van der Waals surface area contributed by atoms with Crippen molar-refractivity contribution in [1.82, 2.24) is 24.5 Å². The Hall–Kier alpha value is -2.70. The van der Waals surface area contributed by atoms with E-state index in [2.05, 4.69) is 10.2 Å². The molecule has 2 aliphatic rings. The van der Waals surface area contributed by atoms with Gasteiger partial charge in [-0.25, -0.2) is 4.98 Å². The zero-order chi connectivity index (χ0) is 25.7. The molecular weight excluding hydrogens is 556 g/mol. The lowest BCUT2D eigenvalue weighted by Crippen LogP contribution is -2.38. The van der Waals surface area contributed by atoms with E-state index in [1.54, 1.807) is 22.6 Å². The van der Waals surface area contributed by atoms with E-state index >= 15 is 0 Å². The smallest absolute Gasteiger partial charge is 0.408 e. The molecule has 0 amide bonds. The third-order valence-corrected chi connectivity index (χ3v) is 7.27. The van der Waals surface area contributed by atoms with Crippen molar-refractivity contribution in [2.24, 2.45) is 5.73 Å². The normalized spacial score (nSPS) is 22.5. The maximum absolute atomic E-state index is 14.2. The van der Waals surface area contributed by atoms with Gasteiger partial charge >= 0.3 is 6.18 Å². The molecule has 1 saturated heterocycles. The summed E-state index contributed by atoms with van der Waals surface area (Å²) in [7, 11) is 0. The second-order valence-corrected chi connectivity index (χ2v) is 9.91. The van der Waals surface area contributed by atoms with Crippen LogP contribution in [0.5, 0.6) is 5.75 Å². The van der Waals surface area contributed by atoms with Gasteiger partial charge in [-0.1, -0.05) is 12.1 Å². The van der Waals surface area contributed by atoms with Crippen LogP contribution < -0.4 is 10.5 Å². The number of aromatic nitrogens is 4. The lowest BCUT2D eigenvalue weighted by atomic mass is 10.1. The molecule has 0 bridgehead atoms. The molecule has 13 heteroatoms. The molecule has 2 fully saturated rings. The highest BCUT2D eigenvalue weighted by Crippen LogP contribution is 2.39. The second kappa shape index (κ2) is 11.4. The fraction of sp³-hybridized carbons (Fsp3) is 0.423. The van der Waals surface area contributed by atoms with E-state index in [1.807, 2.05) is 18.2 Å². The predicted molar refractivity (Wildman–Crippen MR) is 145 cm³/mol. The molecule has 3 N–H and O–H groups in total. The van der Waals surface area contributed by atoms with Gasteiger partial charge in [0.25, 0.3) is 0 Å². The molecule has 0 spiro atoms. The minimum absolute atomic E-state index is 0. The molecule has 6 rings (SSSR count). The van der Waals surface area contributed by atoms with Gasteiger partial charge in [0.15, 0.2) is 11.5 Å². The van der Waals surface area contributed by atoms with Gasteiger partial charge in [0.2, 0.25) is 0 Å². The van der Waals surface area contributed by atoms with Gasteiger partial charge in [-0.05, 0) is 55.5 Å². The number of alkyl halides is 3. The Kier molecular flexibility index (Phi) is 8.58. The highest BCUT2D eigenvalue weighted by molar-refractivity contribution is 5.85. The number of nitrogens with zero attached hydrogens (tertiary/aromatic N) is 5. The molecule has 0 radical (unpaired) electrons.